The topological polar surface area (TPSA) is 82.2 Å². The van der Waals surface area contributed by atoms with E-state index in [4.69, 9.17) is 5.11 Å². The van der Waals surface area contributed by atoms with E-state index in [0.29, 0.717) is 18.5 Å². The molecule has 1 atom stereocenters. The molecule has 1 amide bonds. The van der Waals surface area contributed by atoms with Crippen molar-refractivity contribution in [1.29, 1.82) is 0 Å². The minimum absolute atomic E-state index is 0.364. The number of aliphatic carboxylic acids is 1. The summed E-state index contributed by atoms with van der Waals surface area (Å²) >= 11 is 0. The molecule has 3 N–H and O–H groups in total. The molecule has 0 aliphatic rings. The van der Waals surface area contributed by atoms with Gasteiger partial charge in [-0.25, -0.2) is 4.79 Å². The Morgan fingerprint density at radius 1 is 1.56 bits per heavy atom. The van der Waals surface area contributed by atoms with Gasteiger partial charge in [0.2, 0.25) is 0 Å². The minimum Gasteiger partial charge on any atom is -0.480 e. The molecule has 5 nitrogen and oxygen atoms in total. The van der Waals surface area contributed by atoms with Crippen molar-refractivity contribution in [3.05, 3.63) is 24.0 Å². The molecule has 0 saturated carbocycles. The van der Waals surface area contributed by atoms with Gasteiger partial charge >= 0.3 is 5.97 Å². The largest absolute Gasteiger partial charge is 0.480 e. The van der Waals surface area contributed by atoms with Crippen molar-refractivity contribution in [3.8, 4) is 0 Å². The van der Waals surface area contributed by atoms with Crippen molar-refractivity contribution in [2.45, 2.75) is 32.2 Å². The molecule has 1 rings (SSSR count). The van der Waals surface area contributed by atoms with Gasteiger partial charge in [0.15, 0.2) is 0 Å². The van der Waals surface area contributed by atoms with E-state index in [-0.39, 0.29) is 0 Å². The first-order valence-electron chi connectivity index (χ1n) is 5.19. The number of carboxylic acids is 1. The fraction of sp³-hybridized carbons (Fsp3) is 0.455. The summed E-state index contributed by atoms with van der Waals surface area (Å²) in [6, 6.07) is 3.29. The average molecular weight is 224 g/mol. The van der Waals surface area contributed by atoms with Gasteiger partial charge in [-0.05, 0) is 25.5 Å². The van der Waals surface area contributed by atoms with E-state index >= 15 is 0 Å². The Kier molecular flexibility index (Phi) is 3.71. The van der Waals surface area contributed by atoms with Gasteiger partial charge in [0.1, 0.15) is 11.2 Å². The maximum absolute atomic E-state index is 11.7. The number of amides is 1. The number of hydrogen-bond donors (Lipinski definition) is 3. The Hall–Kier alpha value is -1.78. The highest BCUT2D eigenvalue weighted by atomic mass is 16.4. The smallest absolute Gasteiger partial charge is 0.329 e. The summed E-state index contributed by atoms with van der Waals surface area (Å²) in [7, 11) is 0. The Morgan fingerprint density at radius 2 is 2.25 bits per heavy atom. The number of aromatic amines is 1. The van der Waals surface area contributed by atoms with Gasteiger partial charge in [0.25, 0.3) is 5.91 Å². The zero-order valence-electron chi connectivity index (χ0n) is 9.41. The van der Waals surface area contributed by atoms with Crippen LogP contribution in [0.15, 0.2) is 18.3 Å². The molecule has 0 aliphatic heterocycles. The zero-order chi connectivity index (χ0) is 12.2. The molecule has 1 aromatic heterocycles. The SMILES string of the molecule is CCCC(C)(NC(=O)c1ccc[nH]1)C(=O)O. The van der Waals surface area contributed by atoms with Crippen LogP contribution in [0.3, 0.4) is 0 Å². The van der Waals surface area contributed by atoms with Gasteiger partial charge in [0.05, 0.1) is 0 Å². The van der Waals surface area contributed by atoms with Gasteiger partial charge in [-0.1, -0.05) is 13.3 Å². The summed E-state index contributed by atoms with van der Waals surface area (Å²) in [4.78, 5) is 25.5. The quantitative estimate of drug-likeness (QED) is 0.706. The maximum atomic E-state index is 11.7. The predicted octanol–water partition coefficient (Wildman–Crippen LogP) is 1.39. The van der Waals surface area contributed by atoms with Crippen molar-refractivity contribution < 1.29 is 14.7 Å². The second-order valence-corrected chi connectivity index (χ2v) is 3.93. The van der Waals surface area contributed by atoms with E-state index in [2.05, 4.69) is 10.3 Å². The molecular weight excluding hydrogens is 208 g/mol. The third kappa shape index (κ3) is 2.62. The van der Waals surface area contributed by atoms with Crippen molar-refractivity contribution in [3.63, 3.8) is 0 Å². The molecule has 16 heavy (non-hydrogen) atoms. The average Bonchev–Trinajstić information content (AvgIpc) is 2.70. The molecule has 0 saturated heterocycles. The lowest BCUT2D eigenvalue weighted by Crippen LogP contribution is -2.52. The molecule has 0 bridgehead atoms. The summed E-state index contributed by atoms with van der Waals surface area (Å²) in [5, 5.41) is 11.6. The summed E-state index contributed by atoms with van der Waals surface area (Å²) in [5.74, 6) is -1.42. The van der Waals surface area contributed by atoms with Crippen LogP contribution in [0, 0.1) is 0 Å². The molecule has 5 heteroatoms. The fourth-order valence-electron chi connectivity index (χ4n) is 1.51. The van der Waals surface area contributed by atoms with Crippen LogP contribution in [0.2, 0.25) is 0 Å². The van der Waals surface area contributed by atoms with Crippen LogP contribution in [0.1, 0.15) is 37.2 Å². The highest BCUT2D eigenvalue weighted by molar-refractivity contribution is 5.96. The van der Waals surface area contributed by atoms with Crippen LogP contribution >= 0.6 is 0 Å². The van der Waals surface area contributed by atoms with Crippen molar-refractivity contribution in [2.75, 3.05) is 0 Å². The minimum atomic E-state index is -1.21. The van der Waals surface area contributed by atoms with Gasteiger partial charge in [0, 0.05) is 6.20 Å². The summed E-state index contributed by atoms with van der Waals surface area (Å²) in [6.45, 7) is 3.39. The van der Waals surface area contributed by atoms with Crippen LogP contribution in [-0.4, -0.2) is 27.5 Å². The zero-order valence-corrected chi connectivity index (χ0v) is 9.41. The van der Waals surface area contributed by atoms with Crippen LogP contribution < -0.4 is 5.32 Å². The number of carbonyl (C=O) groups excluding carboxylic acids is 1. The molecular formula is C11H16N2O3. The molecule has 1 heterocycles. The number of carboxylic acid groups (broad SMARTS) is 1. The molecule has 1 unspecified atom stereocenters. The lowest BCUT2D eigenvalue weighted by molar-refractivity contribution is -0.144. The number of H-pyrrole nitrogens is 1. The van der Waals surface area contributed by atoms with Crippen LogP contribution in [0.25, 0.3) is 0 Å². The van der Waals surface area contributed by atoms with E-state index in [1.54, 1.807) is 18.3 Å². The van der Waals surface area contributed by atoms with E-state index in [1.165, 1.54) is 6.92 Å². The first kappa shape index (κ1) is 12.3. The predicted molar refractivity (Wildman–Crippen MR) is 59.2 cm³/mol. The van der Waals surface area contributed by atoms with E-state index < -0.39 is 17.4 Å². The summed E-state index contributed by atoms with van der Waals surface area (Å²) in [6.07, 6.45) is 2.70. The first-order valence-corrected chi connectivity index (χ1v) is 5.19. The first-order chi connectivity index (χ1) is 7.49. The molecule has 0 aromatic carbocycles. The number of hydrogen-bond acceptors (Lipinski definition) is 2. The highest BCUT2D eigenvalue weighted by Crippen LogP contribution is 2.13. The van der Waals surface area contributed by atoms with Gasteiger partial charge in [-0.15, -0.1) is 0 Å². The number of nitrogens with one attached hydrogen (secondary N) is 2. The normalized spacial score (nSPS) is 14.1. The monoisotopic (exact) mass is 224 g/mol. The van der Waals surface area contributed by atoms with E-state index in [1.807, 2.05) is 6.92 Å². The van der Waals surface area contributed by atoms with E-state index in [0.717, 1.165) is 0 Å². The molecule has 0 fully saturated rings. The molecule has 88 valence electrons. The Labute approximate surface area is 93.9 Å². The maximum Gasteiger partial charge on any atom is 0.329 e. The lowest BCUT2D eigenvalue weighted by Gasteiger charge is -2.25. The van der Waals surface area contributed by atoms with Crippen LogP contribution in [-0.2, 0) is 4.79 Å². The van der Waals surface area contributed by atoms with E-state index in [9.17, 15) is 9.59 Å². The number of aromatic nitrogens is 1. The second-order valence-electron chi connectivity index (χ2n) is 3.93. The molecule has 0 radical (unpaired) electrons. The van der Waals surface area contributed by atoms with Gasteiger partial charge in [-0.3, -0.25) is 4.79 Å². The molecule has 1 aromatic rings. The van der Waals surface area contributed by atoms with Crippen LogP contribution in [0.4, 0.5) is 0 Å². The second kappa shape index (κ2) is 4.83. The van der Waals surface area contributed by atoms with Gasteiger partial charge in [-0.2, -0.15) is 0 Å². The van der Waals surface area contributed by atoms with Crippen LogP contribution in [0.5, 0.6) is 0 Å². The number of rotatable bonds is 5. The molecule has 0 spiro atoms. The standard InChI is InChI=1S/C11H16N2O3/c1-3-6-11(2,10(15)16)13-9(14)8-5-4-7-12-8/h4-5,7,12H,3,6H2,1-2H3,(H,13,14)(H,15,16). The van der Waals surface area contributed by atoms with Crippen molar-refractivity contribution in [1.82, 2.24) is 10.3 Å². The fourth-order valence-corrected chi connectivity index (χ4v) is 1.51. The number of carbonyl (C=O) groups is 2. The third-order valence-corrected chi connectivity index (χ3v) is 2.45. The lowest BCUT2D eigenvalue weighted by atomic mass is 9.96. The Morgan fingerprint density at radius 3 is 2.69 bits per heavy atom. The molecule has 0 aliphatic carbocycles. The third-order valence-electron chi connectivity index (χ3n) is 2.45. The van der Waals surface area contributed by atoms with Gasteiger partial charge < -0.3 is 15.4 Å². The Balaban J connectivity index is 2.77. The van der Waals surface area contributed by atoms with Crippen molar-refractivity contribution in [2.24, 2.45) is 0 Å². The highest BCUT2D eigenvalue weighted by Gasteiger charge is 2.34. The Bertz CT molecular complexity index is 373. The van der Waals surface area contributed by atoms with Crippen molar-refractivity contribution >= 4 is 11.9 Å². The summed E-state index contributed by atoms with van der Waals surface area (Å²) in [5.41, 5.74) is -0.847. The summed E-state index contributed by atoms with van der Waals surface area (Å²) < 4.78 is 0.